The lowest BCUT2D eigenvalue weighted by Gasteiger charge is -2.39. The fraction of sp³-hybridized carbons (Fsp3) is 0.308. The average molecular weight is 451 g/mol. The lowest BCUT2D eigenvalue weighted by atomic mass is 9.96. The summed E-state index contributed by atoms with van der Waals surface area (Å²) < 4.78 is 27.0. The van der Waals surface area contributed by atoms with Gasteiger partial charge in [0, 0.05) is 38.9 Å². The van der Waals surface area contributed by atoms with E-state index in [0.717, 1.165) is 50.3 Å². The number of nitrogens with one attached hydrogen (secondary N) is 1. The third-order valence-electron chi connectivity index (χ3n) is 5.98. The average Bonchev–Trinajstić information content (AvgIpc) is 2.85. The molecule has 0 atom stereocenters. The molecule has 0 aliphatic carbocycles. The SMILES string of the molecule is O=C(NCCCN1CCN(C(c2ccc(F)cc2)c2ccc(F)cc2)CC1)c1ccccn1. The number of aromatic nitrogens is 1. The van der Waals surface area contributed by atoms with Crippen LogP contribution in [-0.2, 0) is 0 Å². The number of nitrogens with zero attached hydrogens (tertiary/aromatic N) is 3. The van der Waals surface area contributed by atoms with E-state index in [9.17, 15) is 13.6 Å². The van der Waals surface area contributed by atoms with Crippen LogP contribution in [0.3, 0.4) is 0 Å². The van der Waals surface area contributed by atoms with E-state index in [1.165, 1.54) is 24.3 Å². The lowest BCUT2D eigenvalue weighted by Crippen LogP contribution is -2.48. The number of piperazine rings is 1. The Morgan fingerprint density at radius 1 is 0.879 bits per heavy atom. The number of rotatable bonds is 8. The highest BCUT2D eigenvalue weighted by molar-refractivity contribution is 5.92. The van der Waals surface area contributed by atoms with Crippen LogP contribution in [0.1, 0.15) is 34.1 Å². The van der Waals surface area contributed by atoms with Crippen molar-refractivity contribution < 1.29 is 13.6 Å². The van der Waals surface area contributed by atoms with Gasteiger partial charge in [-0.3, -0.25) is 14.7 Å². The summed E-state index contributed by atoms with van der Waals surface area (Å²) in [4.78, 5) is 20.9. The summed E-state index contributed by atoms with van der Waals surface area (Å²) in [7, 11) is 0. The lowest BCUT2D eigenvalue weighted by molar-refractivity contribution is 0.0936. The molecule has 0 bridgehead atoms. The molecule has 2 heterocycles. The molecule has 1 aliphatic rings. The van der Waals surface area contributed by atoms with Crippen molar-refractivity contribution in [1.82, 2.24) is 20.1 Å². The van der Waals surface area contributed by atoms with Gasteiger partial charge in [0.1, 0.15) is 17.3 Å². The molecule has 1 saturated heterocycles. The third-order valence-corrected chi connectivity index (χ3v) is 5.98. The number of pyridine rings is 1. The van der Waals surface area contributed by atoms with Crippen LogP contribution in [-0.4, -0.2) is 60.0 Å². The van der Waals surface area contributed by atoms with Crippen LogP contribution in [0.15, 0.2) is 72.9 Å². The fourth-order valence-corrected chi connectivity index (χ4v) is 4.24. The first-order valence-electron chi connectivity index (χ1n) is 11.3. The van der Waals surface area contributed by atoms with E-state index in [4.69, 9.17) is 0 Å². The Balaban J connectivity index is 1.30. The van der Waals surface area contributed by atoms with Gasteiger partial charge >= 0.3 is 0 Å². The molecular formula is C26H28F2N4O. The Morgan fingerprint density at radius 2 is 1.48 bits per heavy atom. The van der Waals surface area contributed by atoms with Gasteiger partial charge in [-0.05, 0) is 60.5 Å². The largest absolute Gasteiger partial charge is 0.351 e. The van der Waals surface area contributed by atoms with Crippen LogP contribution in [0.4, 0.5) is 8.78 Å². The molecule has 1 aliphatic heterocycles. The highest BCUT2D eigenvalue weighted by atomic mass is 19.1. The molecule has 33 heavy (non-hydrogen) atoms. The highest BCUT2D eigenvalue weighted by Gasteiger charge is 2.26. The smallest absolute Gasteiger partial charge is 0.269 e. The van der Waals surface area contributed by atoms with Gasteiger partial charge in [0.05, 0.1) is 6.04 Å². The summed E-state index contributed by atoms with van der Waals surface area (Å²) in [5.41, 5.74) is 2.42. The summed E-state index contributed by atoms with van der Waals surface area (Å²) in [6.45, 7) is 4.98. The van der Waals surface area contributed by atoms with E-state index >= 15 is 0 Å². The number of benzene rings is 2. The van der Waals surface area contributed by atoms with Crippen molar-refractivity contribution >= 4 is 5.91 Å². The quantitative estimate of drug-likeness (QED) is 0.529. The molecule has 7 heteroatoms. The van der Waals surface area contributed by atoms with Gasteiger partial charge < -0.3 is 10.2 Å². The molecule has 0 saturated carbocycles. The number of carbonyl (C=O) groups is 1. The minimum Gasteiger partial charge on any atom is -0.351 e. The van der Waals surface area contributed by atoms with Crippen molar-refractivity contribution in [2.75, 3.05) is 39.3 Å². The second-order valence-corrected chi connectivity index (χ2v) is 8.21. The van der Waals surface area contributed by atoms with Gasteiger partial charge in [-0.2, -0.15) is 0 Å². The molecule has 0 radical (unpaired) electrons. The van der Waals surface area contributed by atoms with Gasteiger partial charge in [-0.15, -0.1) is 0 Å². The summed E-state index contributed by atoms with van der Waals surface area (Å²) in [5.74, 6) is -0.685. The molecule has 0 spiro atoms. The molecule has 0 unspecified atom stereocenters. The van der Waals surface area contributed by atoms with Crippen molar-refractivity contribution in [3.63, 3.8) is 0 Å². The molecule has 1 amide bonds. The number of hydrogen-bond donors (Lipinski definition) is 1. The summed E-state index contributed by atoms with van der Waals surface area (Å²) in [6, 6.07) is 18.4. The Bertz CT molecular complexity index is 975. The zero-order valence-electron chi connectivity index (χ0n) is 18.5. The summed E-state index contributed by atoms with van der Waals surface area (Å²) in [5, 5.41) is 2.92. The van der Waals surface area contributed by atoms with Gasteiger partial charge in [0.25, 0.3) is 5.91 Å². The van der Waals surface area contributed by atoms with Gasteiger partial charge in [-0.25, -0.2) is 8.78 Å². The zero-order valence-corrected chi connectivity index (χ0v) is 18.5. The Kier molecular flexibility index (Phi) is 7.75. The van der Waals surface area contributed by atoms with Gasteiger partial charge in [0.2, 0.25) is 0 Å². The van der Waals surface area contributed by atoms with Crippen LogP contribution in [0, 0.1) is 11.6 Å². The Labute approximate surface area is 193 Å². The number of amides is 1. The third kappa shape index (κ3) is 6.21. The zero-order chi connectivity index (χ0) is 23.0. The predicted octanol–water partition coefficient (Wildman–Crippen LogP) is 3.89. The molecule has 5 nitrogen and oxygen atoms in total. The van der Waals surface area contributed by atoms with Crippen molar-refractivity contribution in [3.05, 3.63) is 101 Å². The monoisotopic (exact) mass is 450 g/mol. The van der Waals surface area contributed by atoms with Crippen molar-refractivity contribution in [2.24, 2.45) is 0 Å². The molecule has 1 N–H and O–H groups in total. The molecule has 1 aromatic heterocycles. The second-order valence-electron chi connectivity index (χ2n) is 8.21. The van der Waals surface area contributed by atoms with E-state index < -0.39 is 0 Å². The van der Waals surface area contributed by atoms with E-state index in [-0.39, 0.29) is 23.6 Å². The van der Waals surface area contributed by atoms with Gasteiger partial charge in [-0.1, -0.05) is 30.3 Å². The van der Waals surface area contributed by atoms with Crippen LogP contribution in [0.5, 0.6) is 0 Å². The molecular weight excluding hydrogens is 422 g/mol. The van der Waals surface area contributed by atoms with Crippen LogP contribution >= 0.6 is 0 Å². The normalized spacial score (nSPS) is 15.0. The summed E-state index contributed by atoms with van der Waals surface area (Å²) >= 11 is 0. The van der Waals surface area contributed by atoms with Crippen LogP contribution in [0.2, 0.25) is 0 Å². The van der Waals surface area contributed by atoms with E-state index in [0.29, 0.717) is 12.2 Å². The summed E-state index contributed by atoms with van der Waals surface area (Å²) in [6.07, 6.45) is 2.47. The van der Waals surface area contributed by atoms with Crippen LogP contribution < -0.4 is 5.32 Å². The van der Waals surface area contributed by atoms with Gasteiger partial charge in [0.15, 0.2) is 0 Å². The first-order valence-corrected chi connectivity index (χ1v) is 11.3. The molecule has 4 rings (SSSR count). The minimum absolute atomic E-state index is 0.0500. The topological polar surface area (TPSA) is 48.5 Å². The van der Waals surface area contributed by atoms with E-state index in [2.05, 4.69) is 20.1 Å². The molecule has 1 fully saturated rings. The standard InChI is InChI=1S/C26H28F2N4O/c27-22-9-5-20(6-10-22)25(21-7-11-23(28)12-8-21)32-18-16-31(17-19-32)15-3-14-30-26(33)24-4-1-2-13-29-24/h1-2,4-13,25H,3,14-19H2,(H,30,33). The first-order chi connectivity index (χ1) is 16.1. The maximum absolute atomic E-state index is 13.5. The maximum atomic E-state index is 13.5. The molecule has 172 valence electrons. The Hall–Kier alpha value is -3.16. The van der Waals surface area contributed by atoms with Crippen LogP contribution in [0.25, 0.3) is 0 Å². The molecule has 3 aromatic rings. The number of hydrogen-bond acceptors (Lipinski definition) is 4. The minimum atomic E-state index is -0.267. The van der Waals surface area contributed by atoms with E-state index in [1.807, 2.05) is 0 Å². The predicted molar refractivity (Wildman–Crippen MR) is 124 cm³/mol. The first kappa shape index (κ1) is 23.0. The number of carbonyl (C=O) groups excluding carboxylic acids is 1. The van der Waals surface area contributed by atoms with Crippen molar-refractivity contribution in [2.45, 2.75) is 12.5 Å². The van der Waals surface area contributed by atoms with Crippen molar-refractivity contribution in [3.8, 4) is 0 Å². The fourth-order valence-electron chi connectivity index (χ4n) is 4.24. The maximum Gasteiger partial charge on any atom is 0.269 e. The van der Waals surface area contributed by atoms with E-state index in [1.54, 1.807) is 48.7 Å². The molecule has 2 aromatic carbocycles. The number of halogens is 2. The highest BCUT2D eigenvalue weighted by Crippen LogP contribution is 2.30. The second kappa shape index (κ2) is 11.1. The van der Waals surface area contributed by atoms with Crippen molar-refractivity contribution in [1.29, 1.82) is 0 Å². The Morgan fingerprint density at radius 3 is 2.03 bits per heavy atom.